The van der Waals surface area contributed by atoms with Gasteiger partial charge in [0, 0.05) is 17.1 Å². The molecule has 72 valence electrons. The van der Waals surface area contributed by atoms with E-state index in [9.17, 15) is 5.11 Å². The van der Waals surface area contributed by atoms with E-state index >= 15 is 0 Å². The maximum Gasteiger partial charge on any atom is 0.129 e. The van der Waals surface area contributed by atoms with Crippen molar-refractivity contribution in [2.45, 2.75) is 6.10 Å². The van der Waals surface area contributed by atoms with E-state index in [1.54, 1.807) is 29.2 Å². The Morgan fingerprint density at radius 2 is 2.29 bits per heavy atom. The largest absolute Gasteiger partial charge is 0.383 e. The Morgan fingerprint density at radius 3 is 2.93 bits per heavy atom. The van der Waals surface area contributed by atoms with Crippen molar-refractivity contribution in [3.05, 3.63) is 40.5 Å². The van der Waals surface area contributed by atoms with Crippen LogP contribution in [0, 0.1) is 0 Å². The first-order valence-corrected chi connectivity index (χ1v) is 5.00. The molecule has 0 saturated carbocycles. The lowest BCUT2D eigenvalue weighted by atomic mass is 10.1. The zero-order valence-electron chi connectivity index (χ0n) is 7.29. The lowest BCUT2D eigenvalue weighted by Gasteiger charge is -2.09. The van der Waals surface area contributed by atoms with Crippen LogP contribution in [-0.4, -0.2) is 15.1 Å². The molecule has 0 aliphatic rings. The van der Waals surface area contributed by atoms with Crippen LogP contribution in [0.2, 0.25) is 0 Å². The number of hydrogen-bond donors (Lipinski definition) is 2. The van der Waals surface area contributed by atoms with Crippen LogP contribution >= 0.6 is 11.3 Å². The molecule has 4 nitrogen and oxygen atoms in total. The second kappa shape index (κ2) is 3.73. The number of hydrogen-bond acceptors (Lipinski definition) is 5. The van der Waals surface area contributed by atoms with Gasteiger partial charge in [-0.2, -0.15) is 0 Å². The summed E-state index contributed by atoms with van der Waals surface area (Å²) < 4.78 is 0. The standard InChI is InChI=1S/C9H9N3OS/c10-9-6(2-1-3-11-9)8(13)7-4-14-5-12-7/h1-5,8,13H,(H2,10,11). The molecule has 0 spiro atoms. The topological polar surface area (TPSA) is 72.0 Å². The maximum absolute atomic E-state index is 9.89. The summed E-state index contributed by atoms with van der Waals surface area (Å²) in [6, 6.07) is 3.48. The van der Waals surface area contributed by atoms with E-state index in [4.69, 9.17) is 5.73 Å². The van der Waals surface area contributed by atoms with E-state index in [0.29, 0.717) is 17.1 Å². The Kier molecular flexibility index (Phi) is 2.43. The molecule has 0 radical (unpaired) electrons. The van der Waals surface area contributed by atoms with Gasteiger partial charge in [0.25, 0.3) is 0 Å². The molecule has 0 aromatic carbocycles. The van der Waals surface area contributed by atoms with Crippen molar-refractivity contribution >= 4 is 17.2 Å². The third-order valence-electron chi connectivity index (χ3n) is 1.90. The summed E-state index contributed by atoms with van der Waals surface area (Å²) in [5.41, 5.74) is 8.51. The van der Waals surface area contributed by atoms with Crippen molar-refractivity contribution in [2.24, 2.45) is 0 Å². The van der Waals surface area contributed by atoms with Gasteiger partial charge in [0.05, 0.1) is 11.2 Å². The summed E-state index contributed by atoms with van der Waals surface area (Å²) in [6.45, 7) is 0. The number of pyridine rings is 1. The van der Waals surface area contributed by atoms with Gasteiger partial charge in [-0.3, -0.25) is 0 Å². The Labute approximate surface area is 85.1 Å². The van der Waals surface area contributed by atoms with E-state index in [0.717, 1.165) is 0 Å². The molecule has 2 rings (SSSR count). The Morgan fingerprint density at radius 1 is 1.43 bits per heavy atom. The van der Waals surface area contributed by atoms with Gasteiger partial charge < -0.3 is 10.8 Å². The third-order valence-corrected chi connectivity index (χ3v) is 2.50. The summed E-state index contributed by atoms with van der Waals surface area (Å²) in [5.74, 6) is 0.341. The average Bonchev–Trinajstić information content (AvgIpc) is 2.70. The fraction of sp³-hybridized carbons (Fsp3) is 0.111. The Hall–Kier alpha value is -1.46. The van der Waals surface area contributed by atoms with Crippen molar-refractivity contribution < 1.29 is 5.11 Å². The van der Waals surface area contributed by atoms with Crippen molar-refractivity contribution in [3.8, 4) is 0 Å². The molecule has 0 fully saturated rings. The number of aromatic nitrogens is 2. The van der Waals surface area contributed by atoms with Crippen LogP contribution in [0.15, 0.2) is 29.2 Å². The number of anilines is 1. The monoisotopic (exact) mass is 207 g/mol. The number of aliphatic hydroxyl groups is 1. The van der Waals surface area contributed by atoms with Crippen LogP contribution in [-0.2, 0) is 0 Å². The second-order valence-electron chi connectivity index (χ2n) is 2.79. The molecule has 0 bridgehead atoms. The maximum atomic E-state index is 9.89. The predicted molar refractivity (Wildman–Crippen MR) is 54.8 cm³/mol. The molecule has 2 aromatic rings. The predicted octanol–water partition coefficient (Wildman–Crippen LogP) is 1.20. The molecule has 1 unspecified atom stereocenters. The number of nitrogens with zero attached hydrogens (tertiary/aromatic N) is 2. The van der Waals surface area contributed by atoms with Crippen LogP contribution in [0.1, 0.15) is 17.4 Å². The SMILES string of the molecule is Nc1ncccc1C(O)c1cscn1. The summed E-state index contributed by atoms with van der Waals surface area (Å²) in [4.78, 5) is 7.92. The fourth-order valence-electron chi connectivity index (χ4n) is 1.18. The van der Waals surface area contributed by atoms with E-state index in [-0.39, 0.29) is 0 Å². The second-order valence-corrected chi connectivity index (χ2v) is 3.51. The van der Waals surface area contributed by atoms with Gasteiger partial charge in [-0.15, -0.1) is 11.3 Å². The van der Waals surface area contributed by atoms with Gasteiger partial charge in [-0.1, -0.05) is 6.07 Å². The normalized spacial score (nSPS) is 12.6. The minimum atomic E-state index is -0.782. The molecule has 2 heterocycles. The highest BCUT2D eigenvalue weighted by molar-refractivity contribution is 7.07. The van der Waals surface area contributed by atoms with E-state index in [1.807, 2.05) is 0 Å². The first-order valence-electron chi connectivity index (χ1n) is 4.05. The van der Waals surface area contributed by atoms with Crippen LogP contribution in [0.25, 0.3) is 0 Å². The van der Waals surface area contributed by atoms with Gasteiger partial charge in [0.15, 0.2) is 0 Å². The molecule has 3 N–H and O–H groups in total. The summed E-state index contributed by atoms with van der Waals surface area (Å²) in [6.07, 6.45) is 0.807. The van der Waals surface area contributed by atoms with Crippen LogP contribution in [0.3, 0.4) is 0 Å². The van der Waals surface area contributed by atoms with Crippen molar-refractivity contribution in [3.63, 3.8) is 0 Å². The molecule has 14 heavy (non-hydrogen) atoms. The van der Waals surface area contributed by atoms with E-state index in [2.05, 4.69) is 9.97 Å². The zero-order valence-corrected chi connectivity index (χ0v) is 8.11. The highest BCUT2D eigenvalue weighted by atomic mass is 32.1. The fourth-order valence-corrected chi connectivity index (χ4v) is 1.75. The minimum Gasteiger partial charge on any atom is -0.383 e. The lowest BCUT2D eigenvalue weighted by molar-refractivity contribution is 0.216. The number of rotatable bonds is 2. The molecular weight excluding hydrogens is 198 g/mol. The van der Waals surface area contributed by atoms with Crippen LogP contribution < -0.4 is 5.73 Å². The first-order chi connectivity index (χ1) is 6.79. The molecule has 0 amide bonds. The van der Waals surface area contributed by atoms with Gasteiger partial charge in [0.1, 0.15) is 11.9 Å². The molecule has 2 aromatic heterocycles. The van der Waals surface area contributed by atoms with Gasteiger partial charge >= 0.3 is 0 Å². The summed E-state index contributed by atoms with van der Waals surface area (Å²) in [7, 11) is 0. The molecule has 0 aliphatic carbocycles. The molecular formula is C9H9N3OS. The smallest absolute Gasteiger partial charge is 0.129 e. The van der Waals surface area contributed by atoms with Crippen LogP contribution in [0.4, 0.5) is 5.82 Å². The quantitative estimate of drug-likeness (QED) is 0.776. The highest BCUT2D eigenvalue weighted by Gasteiger charge is 2.14. The summed E-state index contributed by atoms with van der Waals surface area (Å²) >= 11 is 1.44. The van der Waals surface area contributed by atoms with Gasteiger partial charge in [-0.25, -0.2) is 9.97 Å². The first kappa shape index (κ1) is 9.11. The van der Waals surface area contributed by atoms with E-state index in [1.165, 1.54) is 11.3 Å². The Bertz CT molecular complexity index is 416. The van der Waals surface area contributed by atoms with Gasteiger partial charge in [-0.05, 0) is 6.07 Å². The zero-order chi connectivity index (χ0) is 9.97. The van der Waals surface area contributed by atoms with Crippen molar-refractivity contribution in [1.29, 1.82) is 0 Å². The van der Waals surface area contributed by atoms with Crippen LogP contribution in [0.5, 0.6) is 0 Å². The molecule has 0 aliphatic heterocycles. The number of nitrogen functional groups attached to an aromatic ring is 1. The average molecular weight is 207 g/mol. The van der Waals surface area contributed by atoms with E-state index < -0.39 is 6.10 Å². The number of nitrogens with two attached hydrogens (primary N) is 1. The minimum absolute atomic E-state index is 0.341. The molecule has 1 atom stereocenters. The lowest BCUT2D eigenvalue weighted by Crippen LogP contribution is -2.05. The summed E-state index contributed by atoms with van der Waals surface area (Å²) in [5, 5.41) is 11.7. The molecule has 0 saturated heterocycles. The third kappa shape index (κ3) is 1.59. The molecule has 5 heteroatoms. The van der Waals surface area contributed by atoms with Gasteiger partial charge in [0.2, 0.25) is 0 Å². The Balaban J connectivity index is 2.37. The van der Waals surface area contributed by atoms with Crippen molar-refractivity contribution in [1.82, 2.24) is 9.97 Å². The van der Waals surface area contributed by atoms with Crippen molar-refractivity contribution in [2.75, 3.05) is 5.73 Å². The highest BCUT2D eigenvalue weighted by Crippen LogP contribution is 2.24. The number of aliphatic hydroxyl groups excluding tert-OH is 1. The number of thiazole rings is 1.